The first-order valence-corrected chi connectivity index (χ1v) is 6.17. The van der Waals surface area contributed by atoms with E-state index in [1.54, 1.807) is 0 Å². The quantitative estimate of drug-likeness (QED) is 0.910. The standard InChI is InChI=1S/C15H13F3N2O/c1-8-2-4-12(17)14(13(8)18)20-7-10-6-9(15(19)21)3-5-11(10)16/h2-6,20H,7H2,1H3,(H2,19,21). The van der Waals surface area contributed by atoms with Gasteiger partial charge in [0.15, 0.2) is 5.82 Å². The van der Waals surface area contributed by atoms with Crippen molar-refractivity contribution in [1.29, 1.82) is 0 Å². The number of hydrogen-bond donors (Lipinski definition) is 2. The molecule has 21 heavy (non-hydrogen) atoms. The summed E-state index contributed by atoms with van der Waals surface area (Å²) in [7, 11) is 0. The van der Waals surface area contributed by atoms with Gasteiger partial charge in [-0.2, -0.15) is 0 Å². The molecular formula is C15H13F3N2O. The average Bonchev–Trinajstić information content (AvgIpc) is 2.44. The van der Waals surface area contributed by atoms with Crippen LogP contribution in [0.15, 0.2) is 30.3 Å². The lowest BCUT2D eigenvalue weighted by Crippen LogP contribution is -2.13. The maximum absolute atomic E-state index is 13.8. The van der Waals surface area contributed by atoms with Crippen LogP contribution in [0.4, 0.5) is 18.9 Å². The summed E-state index contributed by atoms with van der Waals surface area (Å²) in [6.45, 7) is 1.32. The van der Waals surface area contributed by atoms with E-state index in [9.17, 15) is 18.0 Å². The second-order valence-electron chi connectivity index (χ2n) is 4.58. The van der Waals surface area contributed by atoms with Crippen LogP contribution in [0.1, 0.15) is 21.5 Å². The number of aryl methyl sites for hydroxylation is 1. The summed E-state index contributed by atoms with van der Waals surface area (Å²) in [5.74, 6) is -2.81. The molecule has 0 aliphatic heterocycles. The lowest BCUT2D eigenvalue weighted by atomic mass is 10.1. The van der Waals surface area contributed by atoms with E-state index in [1.807, 2.05) is 0 Å². The van der Waals surface area contributed by atoms with Gasteiger partial charge in [0.05, 0.1) is 0 Å². The van der Waals surface area contributed by atoms with Crippen LogP contribution < -0.4 is 11.1 Å². The Balaban J connectivity index is 2.26. The molecule has 0 aliphatic carbocycles. The van der Waals surface area contributed by atoms with Gasteiger partial charge in [-0.05, 0) is 36.8 Å². The molecule has 0 saturated carbocycles. The fourth-order valence-electron chi connectivity index (χ4n) is 1.87. The van der Waals surface area contributed by atoms with Crippen molar-refractivity contribution in [3.8, 4) is 0 Å². The number of carbonyl (C=O) groups is 1. The maximum Gasteiger partial charge on any atom is 0.248 e. The van der Waals surface area contributed by atoms with Crippen molar-refractivity contribution in [2.75, 3.05) is 5.32 Å². The van der Waals surface area contributed by atoms with Gasteiger partial charge in [0.1, 0.15) is 17.3 Å². The van der Waals surface area contributed by atoms with Gasteiger partial charge in [0.2, 0.25) is 5.91 Å². The number of primary amides is 1. The van der Waals surface area contributed by atoms with Crippen molar-refractivity contribution < 1.29 is 18.0 Å². The van der Waals surface area contributed by atoms with Crippen LogP contribution in [-0.2, 0) is 6.54 Å². The fraction of sp³-hybridized carbons (Fsp3) is 0.133. The second kappa shape index (κ2) is 5.87. The molecule has 2 aromatic carbocycles. The van der Waals surface area contributed by atoms with Crippen LogP contribution in [0, 0.1) is 24.4 Å². The smallest absolute Gasteiger partial charge is 0.248 e. The highest BCUT2D eigenvalue weighted by Gasteiger charge is 2.13. The number of anilines is 1. The Morgan fingerprint density at radius 1 is 1.14 bits per heavy atom. The highest BCUT2D eigenvalue weighted by molar-refractivity contribution is 5.92. The van der Waals surface area contributed by atoms with Gasteiger partial charge in [0.25, 0.3) is 0 Å². The van der Waals surface area contributed by atoms with E-state index in [0.29, 0.717) is 0 Å². The number of halogens is 3. The molecule has 110 valence electrons. The molecule has 0 spiro atoms. The Hall–Kier alpha value is -2.50. The summed E-state index contributed by atoms with van der Waals surface area (Å²) in [4.78, 5) is 11.1. The van der Waals surface area contributed by atoms with E-state index in [-0.39, 0.29) is 28.9 Å². The van der Waals surface area contributed by atoms with Gasteiger partial charge in [-0.1, -0.05) is 6.07 Å². The molecule has 1 amide bonds. The zero-order chi connectivity index (χ0) is 15.6. The third-order valence-corrected chi connectivity index (χ3v) is 3.07. The minimum absolute atomic E-state index is 0.0895. The summed E-state index contributed by atoms with van der Waals surface area (Å²) in [6.07, 6.45) is 0. The first-order valence-electron chi connectivity index (χ1n) is 6.17. The van der Waals surface area contributed by atoms with Crippen LogP contribution in [0.5, 0.6) is 0 Å². The molecule has 2 rings (SSSR count). The summed E-state index contributed by atoms with van der Waals surface area (Å²) in [5, 5.41) is 2.50. The average molecular weight is 294 g/mol. The Kier molecular flexibility index (Phi) is 4.16. The third kappa shape index (κ3) is 3.16. The minimum atomic E-state index is -0.774. The van der Waals surface area contributed by atoms with Crippen LogP contribution in [0.25, 0.3) is 0 Å². The maximum atomic E-state index is 13.8. The lowest BCUT2D eigenvalue weighted by Gasteiger charge is -2.11. The molecule has 6 heteroatoms. The van der Waals surface area contributed by atoms with E-state index >= 15 is 0 Å². The highest BCUT2D eigenvalue weighted by Crippen LogP contribution is 2.23. The largest absolute Gasteiger partial charge is 0.376 e. The molecule has 0 radical (unpaired) electrons. The van der Waals surface area contributed by atoms with Crippen LogP contribution >= 0.6 is 0 Å². The van der Waals surface area contributed by atoms with E-state index in [1.165, 1.54) is 25.1 Å². The van der Waals surface area contributed by atoms with Crippen LogP contribution in [-0.4, -0.2) is 5.91 Å². The van der Waals surface area contributed by atoms with Crippen LogP contribution in [0.2, 0.25) is 0 Å². The Morgan fingerprint density at radius 2 is 1.81 bits per heavy atom. The van der Waals surface area contributed by atoms with Crippen molar-refractivity contribution in [2.24, 2.45) is 5.73 Å². The summed E-state index contributed by atoms with van der Waals surface area (Å²) < 4.78 is 41.0. The number of carbonyl (C=O) groups excluding carboxylic acids is 1. The molecule has 0 heterocycles. The highest BCUT2D eigenvalue weighted by atomic mass is 19.1. The van der Waals surface area contributed by atoms with E-state index in [4.69, 9.17) is 5.73 Å². The molecule has 0 aliphatic rings. The van der Waals surface area contributed by atoms with Crippen molar-refractivity contribution in [3.63, 3.8) is 0 Å². The lowest BCUT2D eigenvalue weighted by molar-refractivity contribution is 0.1000. The van der Waals surface area contributed by atoms with Gasteiger partial charge < -0.3 is 11.1 Å². The fourth-order valence-corrected chi connectivity index (χ4v) is 1.87. The normalized spacial score (nSPS) is 10.5. The summed E-state index contributed by atoms with van der Waals surface area (Å²) in [6, 6.07) is 6.01. The molecule has 2 aromatic rings. The van der Waals surface area contributed by atoms with Gasteiger partial charge in [-0.3, -0.25) is 4.79 Å². The van der Waals surface area contributed by atoms with Gasteiger partial charge >= 0.3 is 0 Å². The van der Waals surface area contributed by atoms with Crippen molar-refractivity contribution in [1.82, 2.24) is 0 Å². The number of amides is 1. The topological polar surface area (TPSA) is 55.1 Å². The first-order chi connectivity index (χ1) is 9.90. The zero-order valence-corrected chi connectivity index (χ0v) is 11.2. The minimum Gasteiger partial charge on any atom is -0.376 e. The van der Waals surface area contributed by atoms with E-state index in [0.717, 1.165) is 12.1 Å². The number of rotatable bonds is 4. The number of nitrogens with two attached hydrogens (primary N) is 1. The molecule has 0 saturated heterocycles. The molecule has 0 fully saturated rings. The Labute approximate surface area is 119 Å². The van der Waals surface area contributed by atoms with Crippen molar-refractivity contribution in [2.45, 2.75) is 13.5 Å². The third-order valence-electron chi connectivity index (χ3n) is 3.07. The van der Waals surface area contributed by atoms with Gasteiger partial charge in [-0.25, -0.2) is 13.2 Å². The SMILES string of the molecule is Cc1ccc(F)c(NCc2cc(C(N)=O)ccc2F)c1F. The van der Waals surface area contributed by atoms with Gasteiger partial charge in [-0.15, -0.1) is 0 Å². The molecule has 0 aromatic heterocycles. The molecule has 0 atom stereocenters. The van der Waals surface area contributed by atoms with Crippen molar-refractivity contribution >= 4 is 11.6 Å². The van der Waals surface area contributed by atoms with Crippen molar-refractivity contribution in [3.05, 3.63) is 64.5 Å². The number of nitrogens with one attached hydrogen (secondary N) is 1. The Morgan fingerprint density at radius 3 is 2.48 bits per heavy atom. The predicted molar refractivity (Wildman–Crippen MR) is 73.3 cm³/mol. The molecule has 3 nitrogen and oxygen atoms in total. The van der Waals surface area contributed by atoms with E-state index in [2.05, 4.69) is 5.32 Å². The van der Waals surface area contributed by atoms with Gasteiger partial charge in [0, 0.05) is 17.7 Å². The summed E-state index contributed by atoms with van der Waals surface area (Å²) in [5.41, 5.74) is 5.25. The summed E-state index contributed by atoms with van der Waals surface area (Å²) >= 11 is 0. The zero-order valence-electron chi connectivity index (χ0n) is 11.2. The molecule has 3 N–H and O–H groups in total. The molecule has 0 unspecified atom stereocenters. The molecular weight excluding hydrogens is 281 g/mol. The van der Waals surface area contributed by atoms with E-state index < -0.39 is 23.4 Å². The predicted octanol–water partition coefficient (Wildman–Crippen LogP) is 3.12. The number of hydrogen-bond acceptors (Lipinski definition) is 2. The number of benzene rings is 2. The van der Waals surface area contributed by atoms with Crippen LogP contribution in [0.3, 0.4) is 0 Å². The second-order valence-corrected chi connectivity index (χ2v) is 4.58. The monoisotopic (exact) mass is 294 g/mol. The first kappa shape index (κ1) is 14.9. The molecule has 0 bridgehead atoms. The Bertz CT molecular complexity index is 702.